The number of hydrogen-bond donors (Lipinski definition) is 0. The molecular weight excluding hydrogens is 270 g/mol. The minimum atomic E-state index is -1.59. The fourth-order valence-electron chi connectivity index (χ4n) is 2.87. The summed E-state index contributed by atoms with van der Waals surface area (Å²) in [6.07, 6.45) is 3.83. The van der Waals surface area contributed by atoms with E-state index in [9.17, 15) is 14.9 Å². The maximum Gasteiger partial charge on any atom is 0.385 e. The van der Waals surface area contributed by atoms with Crippen LogP contribution in [0.4, 0.5) is 0 Å². The molecule has 0 spiro atoms. The number of ether oxygens (including phenoxy) is 1. The van der Waals surface area contributed by atoms with Gasteiger partial charge < -0.3 is 4.74 Å². The average molecular weight is 289 g/mol. The molecule has 1 aliphatic rings. The van der Waals surface area contributed by atoms with Crippen LogP contribution in [-0.4, -0.2) is 23.5 Å². The van der Waals surface area contributed by atoms with Crippen molar-refractivity contribution >= 4 is 12.0 Å². The first-order valence-electron chi connectivity index (χ1n) is 6.82. The molecule has 0 amide bonds. The lowest BCUT2D eigenvalue weighted by molar-refractivity contribution is -0.528. The molecule has 0 radical (unpaired) electrons. The monoisotopic (exact) mass is 289 g/mol. The first-order valence-corrected chi connectivity index (χ1v) is 6.82. The molecule has 2 rings (SSSR count). The van der Waals surface area contributed by atoms with E-state index in [1.807, 2.05) is 26.8 Å². The SMILES string of the molecule is COC(=O)[C@@]1([N+](=O)[O-])C[C@H]1/C=C/c1c(C)cc(C)cc1C. The molecule has 5 nitrogen and oxygen atoms in total. The van der Waals surface area contributed by atoms with Gasteiger partial charge in [0.1, 0.15) is 0 Å². The van der Waals surface area contributed by atoms with Crippen LogP contribution in [0.5, 0.6) is 0 Å². The van der Waals surface area contributed by atoms with Gasteiger partial charge in [0.05, 0.1) is 13.0 Å². The van der Waals surface area contributed by atoms with Crippen LogP contribution in [-0.2, 0) is 9.53 Å². The van der Waals surface area contributed by atoms with Crippen molar-refractivity contribution in [1.29, 1.82) is 0 Å². The molecule has 0 unspecified atom stereocenters. The van der Waals surface area contributed by atoms with E-state index in [0.717, 1.165) is 16.7 Å². The summed E-state index contributed by atoms with van der Waals surface area (Å²) in [5, 5.41) is 11.2. The van der Waals surface area contributed by atoms with E-state index in [2.05, 4.69) is 16.9 Å². The molecule has 5 heteroatoms. The summed E-state index contributed by atoms with van der Waals surface area (Å²) in [4.78, 5) is 22.3. The average Bonchev–Trinajstić information content (AvgIpc) is 3.12. The van der Waals surface area contributed by atoms with Crippen LogP contribution in [0.25, 0.3) is 6.08 Å². The Hall–Kier alpha value is -2.17. The molecule has 0 saturated heterocycles. The molecule has 1 aliphatic carbocycles. The summed E-state index contributed by atoms with van der Waals surface area (Å²) in [6.45, 7) is 6.05. The van der Waals surface area contributed by atoms with Gasteiger partial charge in [0.15, 0.2) is 0 Å². The van der Waals surface area contributed by atoms with Crippen molar-refractivity contribution < 1.29 is 14.5 Å². The van der Waals surface area contributed by atoms with Crippen molar-refractivity contribution in [1.82, 2.24) is 0 Å². The maximum absolute atomic E-state index is 11.6. The van der Waals surface area contributed by atoms with E-state index >= 15 is 0 Å². The summed E-state index contributed by atoms with van der Waals surface area (Å²) < 4.78 is 4.57. The highest BCUT2D eigenvalue weighted by molar-refractivity contribution is 5.84. The smallest absolute Gasteiger partial charge is 0.385 e. The Bertz CT molecular complexity index is 612. The summed E-state index contributed by atoms with van der Waals surface area (Å²) in [5.41, 5.74) is 2.89. The van der Waals surface area contributed by atoms with Crippen LogP contribution in [0.1, 0.15) is 28.7 Å². The number of hydrogen-bond acceptors (Lipinski definition) is 4. The quantitative estimate of drug-likeness (QED) is 0.485. The van der Waals surface area contributed by atoms with Gasteiger partial charge >= 0.3 is 11.5 Å². The molecule has 2 atom stereocenters. The van der Waals surface area contributed by atoms with Gasteiger partial charge in [0.2, 0.25) is 0 Å². The van der Waals surface area contributed by atoms with Crippen molar-refractivity contribution in [2.24, 2.45) is 5.92 Å². The first-order chi connectivity index (χ1) is 9.82. The Balaban J connectivity index is 2.25. The lowest BCUT2D eigenvalue weighted by Crippen LogP contribution is -2.35. The van der Waals surface area contributed by atoms with Gasteiger partial charge in [0, 0.05) is 11.3 Å². The maximum atomic E-state index is 11.6. The molecule has 0 bridgehead atoms. The minimum Gasteiger partial charge on any atom is -0.464 e. The number of rotatable bonds is 4. The molecule has 1 saturated carbocycles. The molecule has 1 aromatic rings. The fraction of sp³-hybridized carbons (Fsp3) is 0.438. The van der Waals surface area contributed by atoms with Crippen LogP contribution in [0.2, 0.25) is 0 Å². The van der Waals surface area contributed by atoms with Crippen molar-refractivity contribution in [3.8, 4) is 0 Å². The summed E-state index contributed by atoms with van der Waals surface area (Å²) in [7, 11) is 1.18. The highest BCUT2D eigenvalue weighted by Crippen LogP contribution is 2.48. The van der Waals surface area contributed by atoms with Crippen LogP contribution >= 0.6 is 0 Å². The van der Waals surface area contributed by atoms with Gasteiger partial charge in [0.25, 0.3) is 0 Å². The van der Waals surface area contributed by atoms with E-state index in [1.54, 1.807) is 6.08 Å². The van der Waals surface area contributed by atoms with Crippen LogP contribution in [0, 0.1) is 36.8 Å². The first kappa shape index (κ1) is 15.2. The zero-order chi connectivity index (χ0) is 15.8. The Labute approximate surface area is 123 Å². The number of benzene rings is 1. The summed E-state index contributed by atoms with van der Waals surface area (Å²) in [6, 6.07) is 4.14. The van der Waals surface area contributed by atoms with Crippen molar-refractivity contribution in [2.75, 3.05) is 7.11 Å². The van der Waals surface area contributed by atoms with E-state index in [-0.39, 0.29) is 6.42 Å². The standard InChI is InChI=1S/C16H19NO4/c1-10-7-11(2)14(12(3)8-10)6-5-13-9-16(13,17(19)20)15(18)21-4/h5-8,13H,9H2,1-4H3/b6-5+/t13-,16-/m1/s1. The van der Waals surface area contributed by atoms with E-state index < -0.39 is 22.3 Å². The third kappa shape index (κ3) is 2.55. The highest BCUT2D eigenvalue weighted by Gasteiger charge is 2.72. The third-order valence-electron chi connectivity index (χ3n) is 4.08. The van der Waals surface area contributed by atoms with Crippen LogP contribution in [0.3, 0.4) is 0 Å². The lowest BCUT2D eigenvalue weighted by atomic mass is 9.99. The van der Waals surface area contributed by atoms with E-state index in [0.29, 0.717) is 0 Å². The molecule has 0 heterocycles. The number of carbonyl (C=O) groups excluding carboxylic acids is 1. The zero-order valence-electron chi connectivity index (χ0n) is 12.7. The number of nitrogens with zero attached hydrogens (tertiary/aromatic N) is 1. The molecular formula is C16H19NO4. The molecule has 112 valence electrons. The number of nitro groups is 1. The van der Waals surface area contributed by atoms with Gasteiger partial charge in [-0.2, -0.15) is 0 Å². The van der Waals surface area contributed by atoms with Crippen LogP contribution < -0.4 is 0 Å². The minimum absolute atomic E-state index is 0.202. The predicted octanol–water partition coefficient (Wildman–Crippen LogP) is 2.83. The van der Waals surface area contributed by atoms with E-state index in [1.165, 1.54) is 12.7 Å². The third-order valence-corrected chi connectivity index (χ3v) is 4.08. The summed E-state index contributed by atoms with van der Waals surface area (Å²) in [5.74, 6) is -1.17. The van der Waals surface area contributed by atoms with Gasteiger partial charge in [-0.15, -0.1) is 0 Å². The van der Waals surface area contributed by atoms with Crippen LogP contribution in [0.15, 0.2) is 18.2 Å². The second kappa shape index (κ2) is 5.31. The van der Waals surface area contributed by atoms with Gasteiger partial charge in [-0.05, 0) is 37.5 Å². The number of carbonyl (C=O) groups is 1. The number of methoxy groups -OCH3 is 1. The van der Waals surface area contributed by atoms with Crippen molar-refractivity contribution in [3.63, 3.8) is 0 Å². The zero-order valence-corrected chi connectivity index (χ0v) is 12.7. The second-order valence-electron chi connectivity index (χ2n) is 5.66. The van der Waals surface area contributed by atoms with Crippen molar-refractivity contribution in [3.05, 3.63) is 50.6 Å². The van der Waals surface area contributed by atoms with Gasteiger partial charge in [-0.25, -0.2) is 4.79 Å². The second-order valence-corrected chi connectivity index (χ2v) is 5.66. The predicted molar refractivity (Wildman–Crippen MR) is 79.5 cm³/mol. The molecule has 1 fully saturated rings. The number of aryl methyl sites for hydroxylation is 3. The fourth-order valence-corrected chi connectivity index (χ4v) is 2.87. The Morgan fingerprint density at radius 2 is 1.95 bits per heavy atom. The highest BCUT2D eigenvalue weighted by atomic mass is 16.6. The van der Waals surface area contributed by atoms with Gasteiger partial charge in [-0.3, -0.25) is 10.1 Å². The molecule has 21 heavy (non-hydrogen) atoms. The molecule has 0 aliphatic heterocycles. The molecule has 0 aromatic heterocycles. The number of esters is 1. The molecule has 1 aromatic carbocycles. The van der Waals surface area contributed by atoms with Gasteiger partial charge in [-0.1, -0.05) is 29.8 Å². The Morgan fingerprint density at radius 1 is 1.38 bits per heavy atom. The normalized spacial score (nSPS) is 24.1. The van der Waals surface area contributed by atoms with E-state index in [4.69, 9.17) is 0 Å². The largest absolute Gasteiger partial charge is 0.464 e. The van der Waals surface area contributed by atoms with Crippen molar-refractivity contribution in [2.45, 2.75) is 32.7 Å². The Kier molecular flexibility index (Phi) is 3.85. The molecule has 0 N–H and O–H groups in total. The topological polar surface area (TPSA) is 69.4 Å². The lowest BCUT2D eigenvalue weighted by Gasteiger charge is -2.07. The Morgan fingerprint density at radius 3 is 2.43 bits per heavy atom. The summed E-state index contributed by atoms with van der Waals surface area (Å²) >= 11 is 0.